The van der Waals surface area contributed by atoms with Crippen LogP contribution in [0.3, 0.4) is 0 Å². The van der Waals surface area contributed by atoms with Gasteiger partial charge in [-0.2, -0.15) is 0 Å². The lowest BCUT2D eigenvalue weighted by atomic mass is 9.88. The van der Waals surface area contributed by atoms with Gasteiger partial charge in [-0.1, -0.05) is 19.1 Å². The molecule has 2 heterocycles. The first-order chi connectivity index (χ1) is 12.6. The van der Waals surface area contributed by atoms with E-state index in [4.69, 9.17) is 0 Å². The molecular formula is C20H30N4O2. The van der Waals surface area contributed by atoms with Crippen molar-refractivity contribution in [1.82, 2.24) is 20.9 Å². The molecule has 2 fully saturated rings. The van der Waals surface area contributed by atoms with Crippen LogP contribution in [0, 0.1) is 11.8 Å². The molecule has 0 aromatic heterocycles. The van der Waals surface area contributed by atoms with Crippen LogP contribution in [0.1, 0.15) is 35.7 Å². The number of carbonyl (C=O) groups excluding carboxylic acids is 2. The van der Waals surface area contributed by atoms with Crippen LogP contribution in [-0.4, -0.2) is 56.0 Å². The van der Waals surface area contributed by atoms with Gasteiger partial charge in [0, 0.05) is 31.1 Å². The van der Waals surface area contributed by atoms with Crippen molar-refractivity contribution in [2.24, 2.45) is 11.8 Å². The number of amides is 2. The lowest BCUT2D eigenvalue weighted by Gasteiger charge is -2.31. The Kier molecular flexibility index (Phi) is 6.63. The summed E-state index contributed by atoms with van der Waals surface area (Å²) in [4.78, 5) is 26.7. The third-order valence-electron chi connectivity index (χ3n) is 5.53. The van der Waals surface area contributed by atoms with Crippen LogP contribution in [0.4, 0.5) is 0 Å². The smallest absolute Gasteiger partial charge is 0.251 e. The molecular weight excluding hydrogens is 328 g/mol. The first-order valence-corrected chi connectivity index (χ1v) is 9.71. The Morgan fingerprint density at radius 2 is 1.85 bits per heavy atom. The van der Waals surface area contributed by atoms with E-state index >= 15 is 0 Å². The number of carbonyl (C=O) groups is 2. The standard InChI is InChI=1S/C20H30N4O2/c1-15(18-13-21-14-18)19(25)23-12-16-4-6-17(7-5-16)20(26)22-8-11-24-9-2-3-10-24/h4-7,15,18,21H,2-3,8-14H2,1H3,(H,22,26)(H,23,25). The van der Waals surface area contributed by atoms with Gasteiger partial charge >= 0.3 is 0 Å². The number of hydrogen-bond donors (Lipinski definition) is 3. The minimum Gasteiger partial charge on any atom is -0.352 e. The molecule has 2 aliphatic rings. The summed E-state index contributed by atoms with van der Waals surface area (Å²) in [7, 11) is 0. The average molecular weight is 358 g/mol. The quantitative estimate of drug-likeness (QED) is 0.648. The molecule has 1 unspecified atom stereocenters. The third kappa shape index (κ3) is 5.05. The van der Waals surface area contributed by atoms with Crippen molar-refractivity contribution in [1.29, 1.82) is 0 Å². The van der Waals surface area contributed by atoms with Crippen molar-refractivity contribution in [2.75, 3.05) is 39.3 Å². The van der Waals surface area contributed by atoms with E-state index in [9.17, 15) is 9.59 Å². The van der Waals surface area contributed by atoms with E-state index in [2.05, 4.69) is 20.9 Å². The van der Waals surface area contributed by atoms with Gasteiger partial charge in [0.2, 0.25) is 5.91 Å². The van der Waals surface area contributed by atoms with Crippen LogP contribution in [0.25, 0.3) is 0 Å². The highest BCUT2D eigenvalue weighted by Crippen LogP contribution is 2.16. The molecule has 3 rings (SSSR count). The molecule has 1 aromatic carbocycles. The van der Waals surface area contributed by atoms with Crippen LogP contribution < -0.4 is 16.0 Å². The maximum absolute atomic E-state index is 12.2. The monoisotopic (exact) mass is 358 g/mol. The molecule has 142 valence electrons. The number of hydrogen-bond acceptors (Lipinski definition) is 4. The van der Waals surface area contributed by atoms with Gasteiger partial charge in [-0.05, 0) is 62.6 Å². The van der Waals surface area contributed by atoms with Gasteiger partial charge in [0.15, 0.2) is 0 Å². The zero-order valence-electron chi connectivity index (χ0n) is 15.6. The predicted molar refractivity (Wildman–Crippen MR) is 102 cm³/mol. The van der Waals surface area contributed by atoms with Crippen molar-refractivity contribution in [3.05, 3.63) is 35.4 Å². The molecule has 26 heavy (non-hydrogen) atoms. The first-order valence-electron chi connectivity index (χ1n) is 9.71. The van der Waals surface area contributed by atoms with Crippen molar-refractivity contribution < 1.29 is 9.59 Å². The van der Waals surface area contributed by atoms with Gasteiger partial charge in [-0.25, -0.2) is 0 Å². The zero-order valence-corrected chi connectivity index (χ0v) is 15.6. The highest BCUT2D eigenvalue weighted by Gasteiger charge is 2.28. The van der Waals surface area contributed by atoms with Gasteiger partial charge in [0.25, 0.3) is 5.91 Å². The fourth-order valence-electron chi connectivity index (χ4n) is 3.44. The largest absolute Gasteiger partial charge is 0.352 e. The summed E-state index contributed by atoms with van der Waals surface area (Å²) in [5.74, 6) is 0.546. The average Bonchev–Trinajstić information content (AvgIpc) is 3.12. The third-order valence-corrected chi connectivity index (χ3v) is 5.53. The van der Waals surface area contributed by atoms with Crippen molar-refractivity contribution in [2.45, 2.75) is 26.3 Å². The summed E-state index contributed by atoms with van der Waals surface area (Å²) < 4.78 is 0. The highest BCUT2D eigenvalue weighted by atomic mass is 16.2. The molecule has 2 amide bonds. The summed E-state index contributed by atoms with van der Waals surface area (Å²) in [6.45, 7) is 8.23. The van der Waals surface area contributed by atoms with E-state index in [1.807, 2.05) is 31.2 Å². The van der Waals surface area contributed by atoms with Gasteiger partial charge in [-0.15, -0.1) is 0 Å². The van der Waals surface area contributed by atoms with Crippen LogP contribution in [0.2, 0.25) is 0 Å². The maximum atomic E-state index is 12.2. The van der Waals surface area contributed by atoms with E-state index < -0.39 is 0 Å². The van der Waals surface area contributed by atoms with Gasteiger partial charge in [0.05, 0.1) is 0 Å². The summed E-state index contributed by atoms with van der Waals surface area (Å²) in [6, 6.07) is 7.47. The van der Waals surface area contributed by atoms with E-state index in [0.29, 0.717) is 24.6 Å². The normalized spacial score (nSPS) is 19.0. The fourth-order valence-corrected chi connectivity index (χ4v) is 3.44. The Morgan fingerprint density at radius 3 is 2.46 bits per heavy atom. The van der Waals surface area contributed by atoms with Gasteiger partial charge < -0.3 is 20.9 Å². The molecule has 6 heteroatoms. The molecule has 0 bridgehead atoms. The summed E-state index contributed by atoms with van der Waals surface area (Å²) in [5.41, 5.74) is 1.67. The molecule has 3 N–H and O–H groups in total. The molecule has 1 aromatic rings. The summed E-state index contributed by atoms with van der Waals surface area (Å²) in [6.07, 6.45) is 2.53. The van der Waals surface area contributed by atoms with E-state index in [1.165, 1.54) is 12.8 Å². The first kappa shape index (κ1) is 18.9. The topological polar surface area (TPSA) is 73.5 Å². The molecule has 2 saturated heterocycles. The lowest BCUT2D eigenvalue weighted by molar-refractivity contribution is -0.126. The summed E-state index contributed by atoms with van der Waals surface area (Å²) >= 11 is 0. The number of likely N-dealkylation sites (tertiary alicyclic amines) is 1. The number of nitrogens with one attached hydrogen (secondary N) is 3. The Bertz CT molecular complexity index is 607. The van der Waals surface area contributed by atoms with Crippen LogP contribution in [-0.2, 0) is 11.3 Å². The van der Waals surface area contributed by atoms with Gasteiger partial charge in [-0.3, -0.25) is 9.59 Å². The lowest BCUT2D eigenvalue weighted by Crippen LogP contribution is -2.49. The number of nitrogens with zero attached hydrogens (tertiary/aromatic N) is 1. The molecule has 1 atom stereocenters. The highest BCUT2D eigenvalue weighted by molar-refractivity contribution is 5.94. The Labute approximate surface area is 155 Å². The SMILES string of the molecule is CC(C(=O)NCc1ccc(C(=O)NCCN2CCCC2)cc1)C1CNC1. The number of rotatable bonds is 8. The Morgan fingerprint density at radius 1 is 1.15 bits per heavy atom. The minimum atomic E-state index is -0.0362. The minimum absolute atomic E-state index is 0.0362. The second-order valence-corrected chi connectivity index (χ2v) is 7.43. The molecule has 6 nitrogen and oxygen atoms in total. The molecule has 0 saturated carbocycles. The van der Waals surface area contributed by atoms with E-state index in [-0.39, 0.29) is 17.7 Å². The molecule has 0 aliphatic carbocycles. The van der Waals surface area contributed by atoms with E-state index in [0.717, 1.165) is 38.3 Å². The molecule has 2 aliphatic heterocycles. The van der Waals surface area contributed by atoms with Crippen molar-refractivity contribution in [3.8, 4) is 0 Å². The summed E-state index contributed by atoms with van der Waals surface area (Å²) in [5, 5.41) is 9.17. The fraction of sp³-hybridized carbons (Fsp3) is 0.600. The Balaban J connectivity index is 1.39. The molecule has 0 radical (unpaired) electrons. The van der Waals surface area contributed by atoms with Gasteiger partial charge in [0.1, 0.15) is 0 Å². The van der Waals surface area contributed by atoms with Crippen LogP contribution in [0.15, 0.2) is 24.3 Å². The second-order valence-electron chi connectivity index (χ2n) is 7.43. The van der Waals surface area contributed by atoms with Crippen molar-refractivity contribution in [3.63, 3.8) is 0 Å². The maximum Gasteiger partial charge on any atom is 0.251 e. The number of benzene rings is 1. The zero-order chi connectivity index (χ0) is 18.4. The van der Waals surface area contributed by atoms with Crippen LogP contribution in [0.5, 0.6) is 0 Å². The van der Waals surface area contributed by atoms with Crippen LogP contribution >= 0.6 is 0 Å². The van der Waals surface area contributed by atoms with Crippen molar-refractivity contribution >= 4 is 11.8 Å². The van der Waals surface area contributed by atoms with E-state index in [1.54, 1.807) is 0 Å². The Hall–Kier alpha value is -1.92. The predicted octanol–water partition coefficient (Wildman–Crippen LogP) is 0.984. The molecule has 0 spiro atoms. The second kappa shape index (κ2) is 9.14.